The fourth-order valence-corrected chi connectivity index (χ4v) is 3.49. The molecule has 8 heteroatoms. The van der Waals surface area contributed by atoms with Gasteiger partial charge in [0.1, 0.15) is 0 Å². The monoisotopic (exact) mass is 374 g/mol. The quantitative estimate of drug-likeness (QED) is 0.540. The summed E-state index contributed by atoms with van der Waals surface area (Å²) in [5.41, 5.74) is 1.25. The van der Waals surface area contributed by atoms with Gasteiger partial charge < -0.3 is 0 Å². The Labute approximate surface area is 149 Å². The minimum atomic E-state index is -0.237. The smallest absolute Gasteiger partial charge is 0.266 e. The molecule has 0 aliphatic heterocycles. The van der Waals surface area contributed by atoms with Gasteiger partial charge in [-0.15, -0.1) is 5.10 Å². The van der Waals surface area contributed by atoms with Crippen LogP contribution in [0.2, 0.25) is 10.0 Å². The van der Waals surface area contributed by atoms with E-state index in [-0.39, 0.29) is 5.56 Å². The van der Waals surface area contributed by atoms with E-state index in [2.05, 4.69) is 15.1 Å². The first-order valence-corrected chi connectivity index (χ1v) is 8.46. The van der Waals surface area contributed by atoms with Gasteiger partial charge >= 0.3 is 0 Å². The summed E-state index contributed by atoms with van der Waals surface area (Å²) in [5.74, 6) is 0.494. The molecular formula is C16H8Cl2N4OS. The molecule has 0 atom stereocenters. The third kappa shape index (κ3) is 2.58. The van der Waals surface area contributed by atoms with Gasteiger partial charge in [-0.25, -0.2) is 0 Å². The van der Waals surface area contributed by atoms with Crippen LogP contribution in [-0.2, 0) is 0 Å². The van der Waals surface area contributed by atoms with Gasteiger partial charge in [0.25, 0.3) is 5.56 Å². The molecule has 0 aliphatic carbocycles. The summed E-state index contributed by atoms with van der Waals surface area (Å²) in [6.07, 6.45) is 5.01. The molecule has 3 aromatic heterocycles. The van der Waals surface area contributed by atoms with E-state index in [1.165, 1.54) is 15.9 Å². The van der Waals surface area contributed by atoms with E-state index in [0.717, 1.165) is 5.56 Å². The van der Waals surface area contributed by atoms with Crippen LogP contribution in [-0.4, -0.2) is 19.6 Å². The fourth-order valence-electron chi connectivity index (χ4n) is 2.23. The highest BCUT2D eigenvalue weighted by atomic mass is 35.5. The van der Waals surface area contributed by atoms with E-state index in [9.17, 15) is 4.79 Å². The fraction of sp³-hybridized carbons (Fsp3) is 0. The average molecular weight is 375 g/mol. The van der Waals surface area contributed by atoms with Gasteiger partial charge in [0, 0.05) is 18.0 Å². The Morgan fingerprint density at radius 3 is 2.67 bits per heavy atom. The number of fused-ring (bicyclic) bond motifs is 1. The highest BCUT2D eigenvalue weighted by Crippen LogP contribution is 2.26. The first-order valence-electron chi connectivity index (χ1n) is 6.89. The Hall–Kier alpha value is -2.28. The maximum Gasteiger partial charge on any atom is 0.291 e. The van der Waals surface area contributed by atoms with Gasteiger partial charge in [-0.3, -0.25) is 9.78 Å². The lowest BCUT2D eigenvalue weighted by atomic mass is 10.2. The van der Waals surface area contributed by atoms with Crippen LogP contribution in [0.5, 0.6) is 0 Å². The van der Waals surface area contributed by atoms with Gasteiger partial charge in [-0.2, -0.15) is 9.50 Å². The number of rotatable bonds is 2. The number of benzene rings is 1. The second-order valence-electron chi connectivity index (χ2n) is 4.92. The Morgan fingerprint density at radius 1 is 1.12 bits per heavy atom. The van der Waals surface area contributed by atoms with Crippen LogP contribution in [0.15, 0.2) is 47.5 Å². The molecule has 3 heterocycles. The predicted octanol–water partition coefficient (Wildman–Crippen LogP) is 3.07. The number of hydrogen-bond acceptors (Lipinski definition) is 5. The van der Waals surface area contributed by atoms with Gasteiger partial charge in [0.15, 0.2) is 5.82 Å². The van der Waals surface area contributed by atoms with Gasteiger partial charge in [0.2, 0.25) is 4.96 Å². The zero-order chi connectivity index (χ0) is 16.7. The third-order valence-electron chi connectivity index (χ3n) is 3.39. The first-order chi connectivity index (χ1) is 11.6. The van der Waals surface area contributed by atoms with Gasteiger partial charge in [-0.1, -0.05) is 46.7 Å². The number of halogens is 2. The predicted molar refractivity (Wildman–Crippen MR) is 95.6 cm³/mol. The summed E-state index contributed by atoms with van der Waals surface area (Å²) in [5, 5.41) is 5.14. The van der Waals surface area contributed by atoms with E-state index in [4.69, 9.17) is 23.2 Å². The van der Waals surface area contributed by atoms with Crippen molar-refractivity contribution in [3.63, 3.8) is 0 Å². The lowest BCUT2D eigenvalue weighted by molar-refractivity contribution is 0.936. The molecule has 0 aliphatic rings. The topological polar surface area (TPSA) is 60.2 Å². The molecule has 0 fully saturated rings. The highest BCUT2D eigenvalue weighted by molar-refractivity contribution is 7.15. The van der Waals surface area contributed by atoms with E-state index in [1.807, 2.05) is 0 Å². The van der Waals surface area contributed by atoms with Crippen molar-refractivity contribution in [3.05, 3.63) is 73.2 Å². The molecule has 1 aromatic carbocycles. The minimum Gasteiger partial charge on any atom is -0.266 e. The zero-order valence-electron chi connectivity index (χ0n) is 12.0. The molecule has 0 unspecified atom stereocenters. The summed E-state index contributed by atoms with van der Waals surface area (Å²) >= 11 is 13.4. The Morgan fingerprint density at radius 2 is 1.92 bits per heavy atom. The van der Waals surface area contributed by atoms with Crippen LogP contribution in [0.4, 0.5) is 0 Å². The van der Waals surface area contributed by atoms with Gasteiger partial charge in [-0.05, 0) is 29.8 Å². The molecule has 0 N–H and O–H groups in total. The van der Waals surface area contributed by atoms with Crippen molar-refractivity contribution in [2.24, 2.45) is 0 Å². The van der Waals surface area contributed by atoms with E-state index < -0.39 is 0 Å². The number of pyridine rings is 1. The third-order valence-corrected chi connectivity index (χ3v) is 5.18. The van der Waals surface area contributed by atoms with Crippen LogP contribution < -0.4 is 10.1 Å². The molecule has 0 radical (unpaired) electrons. The Balaban J connectivity index is 1.86. The van der Waals surface area contributed by atoms with Crippen molar-refractivity contribution in [2.45, 2.75) is 0 Å². The van der Waals surface area contributed by atoms with Crippen molar-refractivity contribution in [1.82, 2.24) is 19.6 Å². The number of nitrogens with zero attached hydrogens (tertiary/aromatic N) is 4. The van der Waals surface area contributed by atoms with Crippen molar-refractivity contribution < 1.29 is 0 Å². The molecule has 0 spiro atoms. The maximum atomic E-state index is 12.5. The average Bonchev–Trinajstić information content (AvgIpc) is 3.13. The van der Waals surface area contributed by atoms with E-state index in [1.54, 1.807) is 48.8 Å². The van der Waals surface area contributed by atoms with Crippen molar-refractivity contribution in [3.8, 4) is 11.4 Å². The summed E-state index contributed by atoms with van der Waals surface area (Å²) in [6.45, 7) is 0. The summed E-state index contributed by atoms with van der Waals surface area (Å²) in [6, 6.07) is 8.86. The number of thiazole rings is 1. The summed E-state index contributed by atoms with van der Waals surface area (Å²) < 4.78 is 1.79. The van der Waals surface area contributed by atoms with Crippen LogP contribution in [0.3, 0.4) is 0 Å². The SMILES string of the molecule is O=c1/c(=C/c2cccc(Cl)c2Cl)sc2nc(-c3ccncc3)nn12. The molecule has 4 rings (SSSR count). The summed E-state index contributed by atoms with van der Waals surface area (Å²) in [4.78, 5) is 21.4. The van der Waals surface area contributed by atoms with E-state index in [0.29, 0.717) is 30.9 Å². The van der Waals surface area contributed by atoms with Crippen LogP contribution in [0.1, 0.15) is 5.56 Å². The molecule has 4 aromatic rings. The van der Waals surface area contributed by atoms with Crippen molar-refractivity contribution >= 4 is 45.6 Å². The van der Waals surface area contributed by atoms with Crippen molar-refractivity contribution in [1.29, 1.82) is 0 Å². The lowest BCUT2D eigenvalue weighted by Gasteiger charge is -1.98. The lowest BCUT2D eigenvalue weighted by Crippen LogP contribution is -2.23. The first kappa shape index (κ1) is 15.3. The molecule has 118 valence electrons. The molecule has 24 heavy (non-hydrogen) atoms. The molecule has 0 amide bonds. The summed E-state index contributed by atoms with van der Waals surface area (Å²) in [7, 11) is 0. The van der Waals surface area contributed by atoms with Crippen LogP contribution >= 0.6 is 34.5 Å². The number of aromatic nitrogens is 4. The molecule has 0 saturated carbocycles. The van der Waals surface area contributed by atoms with E-state index >= 15 is 0 Å². The molecule has 5 nitrogen and oxygen atoms in total. The second-order valence-corrected chi connectivity index (χ2v) is 6.72. The number of hydrogen-bond donors (Lipinski definition) is 0. The highest BCUT2D eigenvalue weighted by Gasteiger charge is 2.12. The van der Waals surface area contributed by atoms with Crippen LogP contribution in [0.25, 0.3) is 22.4 Å². The van der Waals surface area contributed by atoms with Crippen molar-refractivity contribution in [2.75, 3.05) is 0 Å². The minimum absolute atomic E-state index is 0.237. The normalized spacial score (nSPS) is 12.2. The molecular weight excluding hydrogens is 367 g/mol. The molecule has 0 bridgehead atoms. The maximum absolute atomic E-state index is 12.5. The van der Waals surface area contributed by atoms with Crippen LogP contribution in [0, 0.1) is 0 Å². The standard InChI is InChI=1S/C16H8Cl2N4OS/c17-11-3-1-2-10(13(11)18)8-12-15(23)22-16(24-12)20-14(21-22)9-4-6-19-7-5-9/h1-8H/b12-8-. The Bertz CT molecular complexity index is 1150. The Kier molecular flexibility index (Phi) is 3.80. The molecule has 0 saturated heterocycles. The zero-order valence-corrected chi connectivity index (χ0v) is 14.3. The second kappa shape index (κ2) is 5.98. The van der Waals surface area contributed by atoms with Gasteiger partial charge in [0.05, 0.1) is 14.6 Å². The largest absolute Gasteiger partial charge is 0.291 e.